The van der Waals surface area contributed by atoms with Gasteiger partial charge < -0.3 is 21.1 Å². The molecule has 4 N–H and O–H groups in total. The number of thiazole rings is 1. The minimum absolute atomic E-state index is 0.00714. The van der Waals surface area contributed by atoms with Crippen LogP contribution in [-0.2, 0) is 27.5 Å². The molecule has 4 aromatic rings. The van der Waals surface area contributed by atoms with Crippen LogP contribution in [0.1, 0.15) is 30.9 Å². The predicted octanol–water partition coefficient (Wildman–Crippen LogP) is 6.86. The van der Waals surface area contributed by atoms with E-state index in [2.05, 4.69) is 15.5 Å². The van der Waals surface area contributed by atoms with Gasteiger partial charge in [0.2, 0.25) is 11.8 Å². The first-order valence-electron chi connectivity index (χ1n) is 15.1. The number of carbonyl (C=O) groups is 2. The van der Waals surface area contributed by atoms with Crippen molar-refractivity contribution in [2.24, 2.45) is 5.73 Å². The Morgan fingerprint density at radius 1 is 1.04 bits per heavy atom. The molecular weight excluding hydrogens is 661 g/mol. The van der Waals surface area contributed by atoms with Crippen molar-refractivity contribution >= 4 is 63.8 Å². The minimum Gasteiger partial charge on any atom is -0.372 e. The van der Waals surface area contributed by atoms with Crippen molar-refractivity contribution in [3.05, 3.63) is 99.3 Å². The van der Waals surface area contributed by atoms with Gasteiger partial charge in [0.1, 0.15) is 6.04 Å². The molecule has 0 aliphatic carbocycles. The summed E-state index contributed by atoms with van der Waals surface area (Å²) in [6.07, 6.45) is 1.33. The van der Waals surface area contributed by atoms with E-state index in [1.165, 1.54) is 23.1 Å². The van der Waals surface area contributed by atoms with Crippen LogP contribution in [0.4, 0.5) is 5.69 Å². The van der Waals surface area contributed by atoms with Gasteiger partial charge in [-0.15, -0.1) is 11.3 Å². The number of piperidine rings is 1. The molecule has 1 fully saturated rings. The summed E-state index contributed by atoms with van der Waals surface area (Å²) in [5.74, 6) is -0.0160. The molecule has 0 bridgehead atoms. The lowest BCUT2D eigenvalue weighted by atomic mass is 10.0. The maximum atomic E-state index is 12.8. The first-order valence-corrected chi connectivity index (χ1v) is 17.7. The number of carbonyl (C=O) groups excluding carboxylic acids is 2. The van der Waals surface area contributed by atoms with Crippen molar-refractivity contribution in [3.8, 4) is 11.3 Å². The highest BCUT2D eigenvalue weighted by Gasteiger charge is 2.23. The number of benzene rings is 3. The van der Waals surface area contributed by atoms with E-state index >= 15 is 0 Å². The fourth-order valence-electron chi connectivity index (χ4n) is 5.09. The van der Waals surface area contributed by atoms with Gasteiger partial charge in [0, 0.05) is 42.3 Å². The molecule has 0 radical (unpaired) electrons. The first kappa shape index (κ1) is 34.4. The molecular formula is C34H37Cl2N5O3S2. The number of likely N-dealkylation sites (tertiary alicyclic amines) is 1. The molecule has 1 aliphatic rings. The number of rotatable bonds is 13. The fraction of sp³-hybridized carbons (Fsp3) is 0.324. The molecule has 5 rings (SSSR count). The number of nitrogens with one attached hydrogen (secondary N) is 2. The lowest BCUT2D eigenvalue weighted by molar-refractivity contribution is -0.121. The van der Waals surface area contributed by atoms with E-state index in [0.29, 0.717) is 28.1 Å². The van der Waals surface area contributed by atoms with E-state index in [1.54, 1.807) is 6.92 Å². The van der Waals surface area contributed by atoms with Gasteiger partial charge >= 0.3 is 0 Å². The Bertz CT molecular complexity index is 1620. The molecule has 1 aromatic heterocycles. The molecule has 1 aliphatic heterocycles. The first-order chi connectivity index (χ1) is 22.2. The summed E-state index contributed by atoms with van der Waals surface area (Å²) >= 11 is 15.1. The molecule has 0 spiro atoms. The average molecular weight is 699 g/mol. The summed E-state index contributed by atoms with van der Waals surface area (Å²) in [6, 6.07) is 22.3. The zero-order chi connectivity index (χ0) is 32.5. The molecule has 2 heterocycles. The third-order valence-corrected chi connectivity index (χ3v) is 10.5. The highest BCUT2D eigenvalue weighted by atomic mass is 35.5. The van der Waals surface area contributed by atoms with Gasteiger partial charge in [-0.3, -0.25) is 14.5 Å². The van der Waals surface area contributed by atoms with Gasteiger partial charge in [0.25, 0.3) is 0 Å². The molecule has 242 valence electrons. The number of nitrogens with zero attached hydrogens (tertiary/aromatic N) is 2. The average Bonchev–Trinajstić information content (AvgIpc) is 3.55. The largest absolute Gasteiger partial charge is 0.372 e. The van der Waals surface area contributed by atoms with E-state index in [0.717, 1.165) is 59.2 Å². The molecule has 46 heavy (non-hydrogen) atoms. The molecule has 3 aromatic carbocycles. The van der Waals surface area contributed by atoms with Crippen LogP contribution < -0.4 is 16.4 Å². The highest BCUT2D eigenvalue weighted by molar-refractivity contribution is 8.01. The van der Waals surface area contributed by atoms with Gasteiger partial charge in [-0.2, -0.15) is 0 Å². The standard InChI is InChI=1S/C34H37Cl2N5O3S2/c1-22(44-19-23-6-3-2-4-7-23)32(37)33(43)39-27-9-5-8-25(17-27)30-20-45-34(40-30)46-21-31(42)38-26-12-14-41(15-13-26)18-24-10-11-28(35)29(36)16-24/h2-11,16-17,20,22,26,32H,12-15,18-19,21,37H2,1H3,(H,38,42)(H,39,43)/t22-,32+/m1/s1. The zero-order valence-corrected chi connectivity index (χ0v) is 28.6. The summed E-state index contributed by atoms with van der Waals surface area (Å²) in [5, 5.41) is 9.16. The van der Waals surface area contributed by atoms with Crippen LogP contribution in [0.5, 0.6) is 0 Å². The van der Waals surface area contributed by atoms with Crippen LogP contribution in [-0.4, -0.2) is 58.7 Å². The monoisotopic (exact) mass is 697 g/mol. The summed E-state index contributed by atoms with van der Waals surface area (Å²) in [4.78, 5) is 32.6. The van der Waals surface area contributed by atoms with Crippen molar-refractivity contribution in [1.29, 1.82) is 0 Å². The van der Waals surface area contributed by atoms with Gasteiger partial charge in [0.15, 0.2) is 4.34 Å². The van der Waals surface area contributed by atoms with Crippen LogP contribution in [0.25, 0.3) is 11.3 Å². The topological polar surface area (TPSA) is 110 Å². The maximum absolute atomic E-state index is 12.8. The molecule has 8 nitrogen and oxygen atoms in total. The van der Waals surface area contributed by atoms with Crippen molar-refractivity contribution in [2.75, 3.05) is 24.2 Å². The SMILES string of the molecule is C[C@@H](OCc1ccccc1)[C@H](N)C(=O)Nc1cccc(-c2csc(SCC(=O)NC3CCN(Cc4ccc(Cl)c(Cl)c4)CC3)n2)c1. The number of aromatic nitrogens is 1. The number of anilines is 1. The maximum Gasteiger partial charge on any atom is 0.243 e. The third kappa shape index (κ3) is 10.0. The molecule has 0 unspecified atom stereocenters. The Balaban J connectivity index is 1.04. The zero-order valence-electron chi connectivity index (χ0n) is 25.5. The van der Waals surface area contributed by atoms with E-state index in [4.69, 9.17) is 38.7 Å². The normalized spacial score (nSPS) is 15.3. The van der Waals surface area contributed by atoms with Crippen molar-refractivity contribution in [2.45, 2.75) is 55.4 Å². The second kappa shape index (κ2) is 16.7. The number of ether oxygens (including phenoxy) is 1. The highest BCUT2D eigenvalue weighted by Crippen LogP contribution is 2.30. The van der Waals surface area contributed by atoms with Crippen molar-refractivity contribution in [3.63, 3.8) is 0 Å². The second-order valence-electron chi connectivity index (χ2n) is 11.3. The van der Waals surface area contributed by atoms with Crippen LogP contribution in [0.3, 0.4) is 0 Å². The Morgan fingerprint density at radius 2 is 1.83 bits per heavy atom. The molecule has 2 atom stereocenters. The molecule has 0 saturated carbocycles. The van der Waals surface area contributed by atoms with E-state index < -0.39 is 12.1 Å². The summed E-state index contributed by atoms with van der Waals surface area (Å²) in [5.41, 5.74) is 10.6. The second-order valence-corrected chi connectivity index (χ2v) is 14.1. The Kier molecular flexibility index (Phi) is 12.5. The van der Waals surface area contributed by atoms with Crippen LogP contribution in [0.15, 0.2) is 82.5 Å². The predicted molar refractivity (Wildman–Crippen MR) is 188 cm³/mol. The Morgan fingerprint density at radius 3 is 2.59 bits per heavy atom. The molecule has 12 heteroatoms. The fourth-order valence-corrected chi connectivity index (χ4v) is 7.05. The van der Waals surface area contributed by atoms with Gasteiger partial charge in [-0.05, 0) is 55.2 Å². The van der Waals surface area contributed by atoms with E-state index in [-0.39, 0.29) is 17.9 Å². The molecule has 1 saturated heterocycles. The smallest absolute Gasteiger partial charge is 0.243 e. The van der Waals surface area contributed by atoms with Crippen LogP contribution in [0.2, 0.25) is 10.0 Å². The summed E-state index contributed by atoms with van der Waals surface area (Å²) in [7, 11) is 0. The number of thioether (sulfide) groups is 1. The van der Waals surface area contributed by atoms with Gasteiger partial charge in [-0.25, -0.2) is 4.98 Å². The lowest BCUT2D eigenvalue weighted by Gasteiger charge is -2.32. The number of nitrogens with two attached hydrogens (primary N) is 1. The van der Waals surface area contributed by atoms with Crippen molar-refractivity contribution < 1.29 is 14.3 Å². The summed E-state index contributed by atoms with van der Waals surface area (Å²) in [6.45, 7) is 4.79. The minimum atomic E-state index is -0.831. The summed E-state index contributed by atoms with van der Waals surface area (Å²) < 4.78 is 6.63. The molecule has 2 amide bonds. The number of hydrogen-bond donors (Lipinski definition) is 3. The Hall–Kier alpha value is -2.96. The van der Waals surface area contributed by atoms with Crippen molar-refractivity contribution in [1.82, 2.24) is 15.2 Å². The van der Waals surface area contributed by atoms with Gasteiger partial charge in [-0.1, -0.05) is 83.5 Å². The number of hydrogen-bond acceptors (Lipinski definition) is 8. The van der Waals surface area contributed by atoms with E-state index in [9.17, 15) is 9.59 Å². The number of amides is 2. The number of halogens is 2. The quantitative estimate of drug-likeness (QED) is 0.131. The van der Waals surface area contributed by atoms with Crippen LogP contribution in [0, 0.1) is 0 Å². The van der Waals surface area contributed by atoms with E-state index in [1.807, 2.05) is 78.2 Å². The lowest BCUT2D eigenvalue weighted by Crippen LogP contribution is -2.45. The van der Waals surface area contributed by atoms with Crippen LogP contribution >= 0.6 is 46.3 Å². The third-order valence-electron chi connectivity index (χ3n) is 7.74. The Labute approximate surface area is 288 Å². The van der Waals surface area contributed by atoms with Gasteiger partial charge in [0.05, 0.1) is 34.2 Å².